The van der Waals surface area contributed by atoms with E-state index in [0.717, 1.165) is 12.3 Å². The Morgan fingerprint density at radius 1 is 1.56 bits per heavy atom. The number of amides is 1. The van der Waals surface area contributed by atoms with Crippen LogP contribution in [0.4, 0.5) is 0 Å². The number of morpholine rings is 1. The number of rotatable bonds is 4. The number of nitrogens with zero attached hydrogens (tertiary/aromatic N) is 1. The Hall–Kier alpha value is -1.33. The SMILES string of the molecule is CC1CN(CC(=O)NCc2ccco2)C(C)CO1. The van der Waals surface area contributed by atoms with Crippen molar-refractivity contribution in [3.05, 3.63) is 24.2 Å². The molecule has 0 bridgehead atoms. The van der Waals surface area contributed by atoms with E-state index in [1.807, 2.05) is 19.1 Å². The van der Waals surface area contributed by atoms with Gasteiger partial charge in [-0.05, 0) is 26.0 Å². The highest BCUT2D eigenvalue weighted by atomic mass is 16.5. The molecule has 0 spiro atoms. The van der Waals surface area contributed by atoms with Gasteiger partial charge in [0.2, 0.25) is 5.91 Å². The first-order valence-electron chi connectivity index (χ1n) is 6.30. The fourth-order valence-corrected chi connectivity index (χ4v) is 2.03. The molecular weight excluding hydrogens is 232 g/mol. The monoisotopic (exact) mass is 252 g/mol. The van der Waals surface area contributed by atoms with Gasteiger partial charge in [0, 0.05) is 12.6 Å². The summed E-state index contributed by atoms with van der Waals surface area (Å²) in [6.07, 6.45) is 1.80. The van der Waals surface area contributed by atoms with Gasteiger partial charge in [-0.3, -0.25) is 9.69 Å². The molecule has 2 atom stereocenters. The zero-order valence-corrected chi connectivity index (χ0v) is 10.9. The second-order valence-corrected chi connectivity index (χ2v) is 4.78. The van der Waals surface area contributed by atoms with Gasteiger partial charge < -0.3 is 14.5 Å². The average Bonchev–Trinajstić information content (AvgIpc) is 2.84. The van der Waals surface area contributed by atoms with Crippen molar-refractivity contribution in [2.24, 2.45) is 0 Å². The van der Waals surface area contributed by atoms with Crippen molar-refractivity contribution < 1.29 is 13.9 Å². The molecule has 0 radical (unpaired) electrons. The number of nitrogens with one attached hydrogen (secondary N) is 1. The van der Waals surface area contributed by atoms with Crippen LogP contribution in [-0.2, 0) is 16.1 Å². The molecular formula is C13H20N2O3. The molecule has 5 nitrogen and oxygen atoms in total. The van der Waals surface area contributed by atoms with E-state index >= 15 is 0 Å². The van der Waals surface area contributed by atoms with Crippen LogP contribution in [0.3, 0.4) is 0 Å². The third-order valence-electron chi connectivity index (χ3n) is 3.12. The number of furan rings is 1. The zero-order chi connectivity index (χ0) is 13.0. The summed E-state index contributed by atoms with van der Waals surface area (Å²) in [4.78, 5) is 14.0. The Bertz CT molecular complexity index is 378. The molecule has 1 aromatic rings. The third-order valence-corrected chi connectivity index (χ3v) is 3.12. The third kappa shape index (κ3) is 3.58. The van der Waals surface area contributed by atoms with E-state index in [0.29, 0.717) is 19.7 Å². The first-order chi connectivity index (χ1) is 8.65. The molecule has 1 fully saturated rings. The van der Waals surface area contributed by atoms with Crippen molar-refractivity contribution >= 4 is 5.91 Å². The predicted molar refractivity (Wildman–Crippen MR) is 67.0 cm³/mol. The highest BCUT2D eigenvalue weighted by Crippen LogP contribution is 2.10. The maximum atomic E-state index is 11.8. The molecule has 5 heteroatoms. The molecule has 2 heterocycles. The molecule has 100 valence electrons. The van der Waals surface area contributed by atoms with Crippen LogP contribution in [0.2, 0.25) is 0 Å². The number of hydrogen-bond acceptors (Lipinski definition) is 4. The van der Waals surface area contributed by atoms with Gasteiger partial charge in [0.25, 0.3) is 0 Å². The summed E-state index contributed by atoms with van der Waals surface area (Å²) < 4.78 is 10.7. The minimum Gasteiger partial charge on any atom is -0.467 e. The lowest BCUT2D eigenvalue weighted by molar-refractivity contribution is -0.126. The van der Waals surface area contributed by atoms with Crippen molar-refractivity contribution in [2.45, 2.75) is 32.5 Å². The van der Waals surface area contributed by atoms with Gasteiger partial charge in [-0.25, -0.2) is 0 Å². The summed E-state index contributed by atoms with van der Waals surface area (Å²) in [6.45, 7) is 6.45. The molecule has 1 aliphatic heterocycles. The maximum Gasteiger partial charge on any atom is 0.234 e. The largest absolute Gasteiger partial charge is 0.467 e. The molecule has 0 saturated carbocycles. The van der Waals surface area contributed by atoms with Crippen LogP contribution in [-0.4, -0.2) is 42.6 Å². The molecule has 2 unspecified atom stereocenters. The van der Waals surface area contributed by atoms with Gasteiger partial charge >= 0.3 is 0 Å². The van der Waals surface area contributed by atoms with E-state index < -0.39 is 0 Å². The molecule has 1 saturated heterocycles. The second kappa shape index (κ2) is 6.02. The lowest BCUT2D eigenvalue weighted by Crippen LogP contribution is -2.50. The van der Waals surface area contributed by atoms with Crippen LogP contribution in [0.25, 0.3) is 0 Å². The topological polar surface area (TPSA) is 54.7 Å². The van der Waals surface area contributed by atoms with Crippen LogP contribution < -0.4 is 5.32 Å². The maximum absolute atomic E-state index is 11.8. The number of ether oxygens (including phenoxy) is 1. The lowest BCUT2D eigenvalue weighted by atomic mass is 10.2. The van der Waals surface area contributed by atoms with Gasteiger partial charge in [0.15, 0.2) is 0 Å². The van der Waals surface area contributed by atoms with Crippen molar-refractivity contribution in [3.63, 3.8) is 0 Å². The van der Waals surface area contributed by atoms with E-state index in [2.05, 4.69) is 17.1 Å². The van der Waals surface area contributed by atoms with Gasteiger partial charge in [-0.2, -0.15) is 0 Å². The van der Waals surface area contributed by atoms with Crippen LogP contribution in [0.15, 0.2) is 22.8 Å². The Morgan fingerprint density at radius 2 is 2.39 bits per heavy atom. The molecule has 0 aliphatic carbocycles. The summed E-state index contributed by atoms with van der Waals surface area (Å²) in [5.74, 6) is 0.791. The van der Waals surface area contributed by atoms with Gasteiger partial charge in [-0.15, -0.1) is 0 Å². The first-order valence-corrected chi connectivity index (χ1v) is 6.30. The van der Waals surface area contributed by atoms with E-state index in [-0.39, 0.29) is 18.1 Å². The summed E-state index contributed by atoms with van der Waals surface area (Å²) in [5, 5.41) is 2.85. The highest BCUT2D eigenvalue weighted by molar-refractivity contribution is 5.78. The fourth-order valence-electron chi connectivity index (χ4n) is 2.03. The minimum atomic E-state index is 0.0207. The molecule has 1 aromatic heterocycles. The smallest absolute Gasteiger partial charge is 0.234 e. The van der Waals surface area contributed by atoms with Crippen molar-refractivity contribution in [1.82, 2.24) is 10.2 Å². The number of carbonyl (C=O) groups excluding carboxylic acids is 1. The van der Waals surface area contributed by atoms with Crippen LogP contribution in [0.1, 0.15) is 19.6 Å². The van der Waals surface area contributed by atoms with Gasteiger partial charge in [0.05, 0.1) is 32.1 Å². The molecule has 1 aliphatic rings. The number of carbonyl (C=O) groups is 1. The van der Waals surface area contributed by atoms with Crippen molar-refractivity contribution in [3.8, 4) is 0 Å². The Balaban J connectivity index is 1.76. The molecule has 1 N–H and O–H groups in total. The summed E-state index contributed by atoms with van der Waals surface area (Å²) in [5.41, 5.74) is 0. The van der Waals surface area contributed by atoms with E-state index in [1.165, 1.54) is 0 Å². The van der Waals surface area contributed by atoms with Gasteiger partial charge in [0.1, 0.15) is 5.76 Å². The highest BCUT2D eigenvalue weighted by Gasteiger charge is 2.24. The summed E-state index contributed by atoms with van der Waals surface area (Å²) in [7, 11) is 0. The summed E-state index contributed by atoms with van der Waals surface area (Å²) >= 11 is 0. The van der Waals surface area contributed by atoms with Crippen LogP contribution in [0.5, 0.6) is 0 Å². The van der Waals surface area contributed by atoms with Gasteiger partial charge in [-0.1, -0.05) is 0 Å². The van der Waals surface area contributed by atoms with E-state index in [1.54, 1.807) is 6.26 Å². The summed E-state index contributed by atoms with van der Waals surface area (Å²) in [6, 6.07) is 3.95. The zero-order valence-electron chi connectivity index (χ0n) is 10.9. The second-order valence-electron chi connectivity index (χ2n) is 4.78. The molecule has 1 amide bonds. The minimum absolute atomic E-state index is 0.0207. The lowest BCUT2D eigenvalue weighted by Gasteiger charge is -2.36. The molecule has 2 rings (SSSR count). The fraction of sp³-hybridized carbons (Fsp3) is 0.615. The van der Waals surface area contributed by atoms with Crippen LogP contribution in [0, 0.1) is 0 Å². The van der Waals surface area contributed by atoms with Crippen molar-refractivity contribution in [2.75, 3.05) is 19.7 Å². The predicted octanol–water partition coefficient (Wildman–Crippen LogP) is 1.00. The average molecular weight is 252 g/mol. The number of hydrogen-bond donors (Lipinski definition) is 1. The molecule has 0 aromatic carbocycles. The Morgan fingerprint density at radius 3 is 3.11 bits per heavy atom. The van der Waals surface area contributed by atoms with E-state index in [4.69, 9.17) is 9.15 Å². The standard InChI is InChI=1S/C13H20N2O3/c1-10-9-18-11(2)7-15(10)8-13(16)14-6-12-4-3-5-17-12/h3-5,10-11H,6-9H2,1-2H3,(H,14,16). The van der Waals surface area contributed by atoms with Crippen LogP contribution >= 0.6 is 0 Å². The quantitative estimate of drug-likeness (QED) is 0.868. The van der Waals surface area contributed by atoms with E-state index in [9.17, 15) is 4.79 Å². The molecule has 18 heavy (non-hydrogen) atoms. The Labute approximate surface area is 107 Å². The first kappa shape index (κ1) is 13.1. The normalized spacial score (nSPS) is 25.0. The Kier molecular flexibility index (Phi) is 4.38. The van der Waals surface area contributed by atoms with Crippen molar-refractivity contribution in [1.29, 1.82) is 0 Å².